The van der Waals surface area contributed by atoms with Crippen LogP contribution in [-0.4, -0.2) is 26.3 Å². The van der Waals surface area contributed by atoms with Gasteiger partial charge in [-0.2, -0.15) is 0 Å². The van der Waals surface area contributed by atoms with Gasteiger partial charge in [-0.3, -0.25) is 0 Å². The molecule has 3 nitrogen and oxygen atoms in total. The number of thiophene rings is 1. The van der Waals surface area contributed by atoms with Crippen LogP contribution in [0.25, 0.3) is 0 Å². The third-order valence-corrected chi connectivity index (χ3v) is 4.15. The largest absolute Gasteiger partial charge is 0.490 e. The Kier molecular flexibility index (Phi) is 6.86. The van der Waals surface area contributed by atoms with Gasteiger partial charge in [0.15, 0.2) is 11.5 Å². The molecule has 0 radical (unpaired) electrons. The lowest BCUT2D eigenvalue weighted by molar-refractivity contribution is 0.276. The first-order valence-corrected chi connectivity index (χ1v) is 8.28. The Bertz CT molecular complexity index is 545. The lowest BCUT2D eigenvalue weighted by Crippen LogP contribution is -2.23. The highest BCUT2D eigenvalue weighted by Crippen LogP contribution is 2.26. The molecule has 1 aromatic carbocycles. The third-order valence-electron chi connectivity index (χ3n) is 2.86. The lowest BCUT2D eigenvalue weighted by Gasteiger charge is -2.11. The van der Waals surface area contributed by atoms with E-state index >= 15 is 0 Å². The molecule has 0 fully saturated rings. The number of ether oxygens (including phenoxy) is 2. The highest BCUT2D eigenvalue weighted by molar-refractivity contribution is 7.16. The molecule has 2 rings (SSSR count). The molecule has 0 aliphatic carbocycles. The molecule has 0 aliphatic rings. The zero-order chi connectivity index (χ0) is 14.9. The molecule has 5 heteroatoms. The molecule has 0 spiro atoms. The maximum absolute atomic E-state index is 5.90. The van der Waals surface area contributed by atoms with E-state index in [4.69, 9.17) is 21.1 Å². The van der Waals surface area contributed by atoms with Crippen molar-refractivity contribution < 1.29 is 9.47 Å². The Balaban J connectivity index is 1.63. The van der Waals surface area contributed by atoms with E-state index in [0.717, 1.165) is 35.3 Å². The summed E-state index contributed by atoms with van der Waals surface area (Å²) in [5.41, 5.74) is 0. The van der Waals surface area contributed by atoms with Gasteiger partial charge in [-0.25, -0.2) is 0 Å². The van der Waals surface area contributed by atoms with Crippen molar-refractivity contribution in [3.63, 3.8) is 0 Å². The molecule has 0 bridgehead atoms. The summed E-state index contributed by atoms with van der Waals surface area (Å²) in [4.78, 5) is 1.30. The average Bonchev–Trinajstić information content (AvgIpc) is 2.90. The van der Waals surface area contributed by atoms with Crippen molar-refractivity contribution in [2.24, 2.45) is 0 Å². The summed E-state index contributed by atoms with van der Waals surface area (Å²) in [5, 5.41) is 3.36. The minimum absolute atomic E-state index is 0.620. The first kappa shape index (κ1) is 16.1. The highest BCUT2D eigenvalue weighted by atomic mass is 35.5. The van der Waals surface area contributed by atoms with E-state index in [1.807, 2.05) is 37.3 Å². The van der Waals surface area contributed by atoms with Crippen molar-refractivity contribution in [2.75, 3.05) is 26.3 Å². The van der Waals surface area contributed by atoms with E-state index in [-0.39, 0.29) is 0 Å². The van der Waals surface area contributed by atoms with Crippen LogP contribution >= 0.6 is 22.9 Å². The summed E-state index contributed by atoms with van der Waals surface area (Å²) in [6.07, 6.45) is 0.993. The van der Waals surface area contributed by atoms with E-state index < -0.39 is 0 Å². The van der Waals surface area contributed by atoms with Crippen molar-refractivity contribution in [1.82, 2.24) is 5.32 Å². The predicted octanol–water partition coefficient (Wildman–Crippen LogP) is 4.01. The van der Waals surface area contributed by atoms with Gasteiger partial charge >= 0.3 is 0 Å². The van der Waals surface area contributed by atoms with Crippen LogP contribution in [0, 0.1) is 0 Å². The van der Waals surface area contributed by atoms with Crippen molar-refractivity contribution >= 4 is 22.9 Å². The number of hydrogen-bond donors (Lipinski definition) is 1. The van der Waals surface area contributed by atoms with Gasteiger partial charge in [-0.1, -0.05) is 23.7 Å². The number of para-hydroxylation sites is 2. The standard InChI is InChI=1S/C16H20ClNO2S/c1-2-19-14-5-3-4-6-15(14)20-12-11-18-10-9-13-7-8-16(17)21-13/h3-8,18H,2,9-12H2,1H3. The number of benzene rings is 1. The van der Waals surface area contributed by atoms with Gasteiger partial charge in [0, 0.05) is 18.0 Å². The molecule has 0 unspecified atom stereocenters. The average molecular weight is 326 g/mol. The van der Waals surface area contributed by atoms with Crippen molar-refractivity contribution in [2.45, 2.75) is 13.3 Å². The molecule has 0 aliphatic heterocycles. The second kappa shape index (κ2) is 8.93. The second-order valence-corrected chi connectivity index (χ2v) is 6.23. The molecule has 2 aromatic rings. The summed E-state index contributed by atoms with van der Waals surface area (Å²) in [6, 6.07) is 11.8. The van der Waals surface area contributed by atoms with E-state index in [2.05, 4.69) is 11.4 Å². The molecular weight excluding hydrogens is 306 g/mol. The maximum Gasteiger partial charge on any atom is 0.161 e. The normalized spacial score (nSPS) is 10.6. The molecule has 1 heterocycles. The van der Waals surface area contributed by atoms with Crippen LogP contribution in [-0.2, 0) is 6.42 Å². The zero-order valence-electron chi connectivity index (χ0n) is 12.1. The maximum atomic E-state index is 5.90. The summed E-state index contributed by atoms with van der Waals surface area (Å²) >= 11 is 7.53. The molecule has 0 saturated heterocycles. The molecule has 1 N–H and O–H groups in total. The fraction of sp³-hybridized carbons (Fsp3) is 0.375. The van der Waals surface area contributed by atoms with Gasteiger partial charge in [0.25, 0.3) is 0 Å². The third kappa shape index (κ3) is 5.58. The summed E-state index contributed by atoms with van der Waals surface area (Å²) in [5.74, 6) is 1.60. The molecule has 114 valence electrons. The number of nitrogens with one attached hydrogen (secondary N) is 1. The monoisotopic (exact) mass is 325 g/mol. The Morgan fingerprint density at radius 1 is 1.05 bits per heavy atom. The first-order chi connectivity index (χ1) is 10.3. The number of rotatable bonds is 9. The molecule has 0 atom stereocenters. The number of halogens is 1. The van der Waals surface area contributed by atoms with E-state index in [1.165, 1.54) is 4.88 Å². The summed E-state index contributed by atoms with van der Waals surface area (Å²) in [6.45, 7) is 4.96. The number of hydrogen-bond acceptors (Lipinski definition) is 4. The van der Waals surface area contributed by atoms with Crippen LogP contribution in [0.15, 0.2) is 36.4 Å². The second-order valence-electron chi connectivity index (χ2n) is 4.43. The highest BCUT2D eigenvalue weighted by Gasteiger charge is 2.03. The SMILES string of the molecule is CCOc1ccccc1OCCNCCc1ccc(Cl)s1. The fourth-order valence-electron chi connectivity index (χ4n) is 1.90. The van der Waals surface area contributed by atoms with Gasteiger partial charge in [0.05, 0.1) is 10.9 Å². The molecule has 0 amide bonds. The van der Waals surface area contributed by atoms with Crippen LogP contribution in [0.5, 0.6) is 11.5 Å². The summed E-state index contributed by atoms with van der Waals surface area (Å²) in [7, 11) is 0. The predicted molar refractivity (Wildman–Crippen MR) is 89.0 cm³/mol. The first-order valence-electron chi connectivity index (χ1n) is 7.09. The van der Waals surface area contributed by atoms with Crippen LogP contribution in [0.2, 0.25) is 4.34 Å². The van der Waals surface area contributed by atoms with Crippen LogP contribution in [0.1, 0.15) is 11.8 Å². The Hall–Kier alpha value is -1.23. The van der Waals surface area contributed by atoms with E-state index in [1.54, 1.807) is 11.3 Å². The minimum Gasteiger partial charge on any atom is -0.490 e. The molecule has 21 heavy (non-hydrogen) atoms. The van der Waals surface area contributed by atoms with Gasteiger partial charge in [0.1, 0.15) is 6.61 Å². The van der Waals surface area contributed by atoms with Crippen LogP contribution in [0.3, 0.4) is 0 Å². The van der Waals surface area contributed by atoms with Crippen LogP contribution in [0.4, 0.5) is 0 Å². The molecule has 0 saturated carbocycles. The molecular formula is C16H20ClNO2S. The van der Waals surface area contributed by atoms with Gasteiger partial charge in [-0.15, -0.1) is 11.3 Å². The van der Waals surface area contributed by atoms with E-state index in [0.29, 0.717) is 13.2 Å². The molecule has 1 aromatic heterocycles. The Labute approximate surface area is 134 Å². The zero-order valence-corrected chi connectivity index (χ0v) is 13.7. The quantitative estimate of drug-likeness (QED) is 0.707. The van der Waals surface area contributed by atoms with Crippen LogP contribution < -0.4 is 14.8 Å². The van der Waals surface area contributed by atoms with Crippen molar-refractivity contribution in [3.8, 4) is 11.5 Å². The Morgan fingerprint density at radius 2 is 1.81 bits per heavy atom. The van der Waals surface area contributed by atoms with Gasteiger partial charge < -0.3 is 14.8 Å². The van der Waals surface area contributed by atoms with Crippen molar-refractivity contribution in [1.29, 1.82) is 0 Å². The van der Waals surface area contributed by atoms with Crippen molar-refractivity contribution in [3.05, 3.63) is 45.6 Å². The topological polar surface area (TPSA) is 30.5 Å². The van der Waals surface area contributed by atoms with E-state index in [9.17, 15) is 0 Å². The summed E-state index contributed by atoms with van der Waals surface area (Å²) < 4.78 is 12.1. The van der Waals surface area contributed by atoms with Gasteiger partial charge in [-0.05, 0) is 37.6 Å². The Morgan fingerprint density at radius 3 is 2.48 bits per heavy atom. The smallest absolute Gasteiger partial charge is 0.161 e. The fourth-order valence-corrected chi connectivity index (χ4v) is 2.99. The minimum atomic E-state index is 0.620. The lowest BCUT2D eigenvalue weighted by atomic mass is 10.3. The van der Waals surface area contributed by atoms with Gasteiger partial charge in [0.2, 0.25) is 0 Å².